The fraction of sp³-hybridized carbons (Fsp3) is 0.500. The maximum absolute atomic E-state index is 11.1. The van der Waals surface area contributed by atoms with E-state index in [1.54, 1.807) is 0 Å². The molecule has 0 heterocycles. The van der Waals surface area contributed by atoms with Gasteiger partial charge in [-0.2, -0.15) is 13.2 Å². The molecule has 0 aliphatic rings. The highest BCUT2D eigenvalue weighted by atomic mass is 79.9. The Balaban J connectivity index is 3.52. The van der Waals surface area contributed by atoms with Crippen molar-refractivity contribution >= 4 is 15.9 Å². The molecule has 0 bridgehead atoms. The van der Waals surface area contributed by atoms with Gasteiger partial charge in [0.2, 0.25) is 0 Å². The predicted octanol–water partition coefficient (Wildman–Crippen LogP) is 2.50. The van der Waals surface area contributed by atoms with Gasteiger partial charge in [-0.05, 0) is 0 Å². The molecule has 0 atom stereocenters. The number of hydrogen-bond acceptors (Lipinski definition) is 0. The standard InChI is InChI=1S/C4H4BrF3/c5-3-1-2-4(6,7)8/h1-2H,3H2/b2-1+. The smallest absolute Gasteiger partial charge is 0.167 e. The molecule has 0 aromatic rings. The van der Waals surface area contributed by atoms with E-state index in [0.29, 0.717) is 0 Å². The van der Waals surface area contributed by atoms with Crippen molar-refractivity contribution in [1.82, 2.24) is 0 Å². The lowest BCUT2D eigenvalue weighted by Gasteiger charge is -1.94. The van der Waals surface area contributed by atoms with E-state index in [1.165, 1.54) is 0 Å². The summed E-state index contributed by atoms with van der Waals surface area (Å²) in [5.41, 5.74) is 0. The Morgan fingerprint density at radius 3 is 2.00 bits per heavy atom. The third-order valence-corrected chi connectivity index (χ3v) is 0.770. The summed E-state index contributed by atoms with van der Waals surface area (Å²) in [6.45, 7) is 0. The van der Waals surface area contributed by atoms with E-state index in [9.17, 15) is 13.2 Å². The molecule has 0 saturated heterocycles. The Labute approximate surface area is 53.5 Å². The lowest BCUT2D eigenvalue weighted by molar-refractivity contribution is -0.0799. The van der Waals surface area contributed by atoms with E-state index in [0.717, 1.165) is 6.08 Å². The van der Waals surface area contributed by atoms with Gasteiger partial charge in [0.05, 0.1) is 0 Å². The molecule has 48 valence electrons. The van der Waals surface area contributed by atoms with Crippen molar-refractivity contribution in [2.75, 3.05) is 5.33 Å². The van der Waals surface area contributed by atoms with E-state index in [1.807, 2.05) is 0 Å². The first kappa shape index (κ1) is 8.01. The molecule has 0 aliphatic heterocycles. The van der Waals surface area contributed by atoms with Gasteiger partial charge in [0.1, 0.15) is 0 Å². The molecule has 8 heavy (non-hydrogen) atoms. The zero-order valence-electron chi connectivity index (χ0n) is 3.87. The molecule has 0 N–H and O–H groups in total. The zero-order valence-corrected chi connectivity index (χ0v) is 5.46. The quantitative estimate of drug-likeness (QED) is 0.439. The lowest BCUT2D eigenvalue weighted by Crippen LogP contribution is -2.00. The van der Waals surface area contributed by atoms with E-state index in [4.69, 9.17) is 0 Å². The van der Waals surface area contributed by atoms with E-state index < -0.39 is 6.18 Å². The van der Waals surface area contributed by atoms with Gasteiger partial charge in [-0.25, -0.2) is 0 Å². The summed E-state index contributed by atoms with van der Waals surface area (Å²) >= 11 is 2.82. The van der Waals surface area contributed by atoms with Crippen LogP contribution in [0.15, 0.2) is 12.2 Å². The minimum Gasteiger partial charge on any atom is -0.167 e. The van der Waals surface area contributed by atoms with Crippen molar-refractivity contribution in [3.8, 4) is 0 Å². The molecule has 0 nitrogen and oxygen atoms in total. The zero-order chi connectivity index (χ0) is 6.62. The van der Waals surface area contributed by atoms with E-state index in [-0.39, 0.29) is 11.4 Å². The predicted molar refractivity (Wildman–Crippen MR) is 29.0 cm³/mol. The van der Waals surface area contributed by atoms with Gasteiger partial charge in [-0.15, -0.1) is 0 Å². The Hall–Kier alpha value is 0.01000. The van der Waals surface area contributed by atoms with Gasteiger partial charge in [-0.1, -0.05) is 22.0 Å². The number of rotatable bonds is 1. The average molecular weight is 189 g/mol. The van der Waals surface area contributed by atoms with Crippen LogP contribution in [0.5, 0.6) is 0 Å². The molecule has 0 unspecified atom stereocenters. The second-order valence-electron chi connectivity index (χ2n) is 1.10. The van der Waals surface area contributed by atoms with Crippen LogP contribution >= 0.6 is 15.9 Å². The highest BCUT2D eigenvalue weighted by Crippen LogP contribution is 2.15. The Bertz CT molecular complexity index is 83.8. The molecular weight excluding hydrogens is 185 g/mol. The van der Waals surface area contributed by atoms with Gasteiger partial charge in [0.25, 0.3) is 0 Å². The third kappa shape index (κ3) is 6.01. The van der Waals surface area contributed by atoms with Crippen molar-refractivity contribution in [1.29, 1.82) is 0 Å². The fourth-order valence-corrected chi connectivity index (χ4v) is 0.365. The SMILES string of the molecule is FC(F)(F)/C=C/CBr. The maximum Gasteiger partial charge on any atom is 0.409 e. The van der Waals surface area contributed by atoms with Crippen molar-refractivity contribution in [2.45, 2.75) is 6.18 Å². The first-order valence-corrected chi connectivity index (χ1v) is 2.99. The minimum absolute atomic E-state index is 0.196. The normalized spacial score (nSPS) is 13.0. The Kier molecular flexibility index (Phi) is 3.12. The first-order valence-electron chi connectivity index (χ1n) is 1.86. The molecule has 0 aliphatic carbocycles. The molecule has 0 saturated carbocycles. The molecule has 0 aromatic heterocycles. The van der Waals surface area contributed by atoms with Crippen molar-refractivity contribution in [3.63, 3.8) is 0 Å². The van der Waals surface area contributed by atoms with Gasteiger partial charge in [-0.3, -0.25) is 0 Å². The molecule has 0 fully saturated rings. The Morgan fingerprint density at radius 2 is 1.88 bits per heavy atom. The van der Waals surface area contributed by atoms with Crippen LogP contribution in [0.2, 0.25) is 0 Å². The topological polar surface area (TPSA) is 0 Å². The molecule has 0 amide bonds. The van der Waals surface area contributed by atoms with Crippen LogP contribution in [0.3, 0.4) is 0 Å². The van der Waals surface area contributed by atoms with Gasteiger partial charge >= 0.3 is 6.18 Å². The maximum atomic E-state index is 11.1. The summed E-state index contributed by atoms with van der Waals surface area (Å²) in [5, 5.41) is 0.243. The summed E-state index contributed by atoms with van der Waals surface area (Å²) in [6.07, 6.45) is -2.96. The third-order valence-electron chi connectivity index (χ3n) is 0.396. The fourth-order valence-electron chi connectivity index (χ4n) is 0.178. The molecule has 4 heteroatoms. The molecule has 0 radical (unpaired) electrons. The van der Waals surface area contributed by atoms with Crippen LogP contribution in [0.1, 0.15) is 0 Å². The van der Waals surface area contributed by atoms with E-state index >= 15 is 0 Å². The van der Waals surface area contributed by atoms with Gasteiger partial charge in [0.15, 0.2) is 0 Å². The van der Waals surface area contributed by atoms with Crippen LogP contribution in [0.25, 0.3) is 0 Å². The molecule has 0 rings (SSSR count). The van der Waals surface area contributed by atoms with Crippen LogP contribution in [-0.2, 0) is 0 Å². The Morgan fingerprint density at radius 1 is 1.38 bits per heavy atom. The largest absolute Gasteiger partial charge is 0.409 e. The average Bonchev–Trinajstić information content (AvgIpc) is 1.59. The van der Waals surface area contributed by atoms with Crippen molar-refractivity contribution in [3.05, 3.63) is 12.2 Å². The number of halogens is 4. The number of allylic oxidation sites excluding steroid dienone is 2. The van der Waals surface area contributed by atoms with Crippen molar-refractivity contribution < 1.29 is 13.2 Å². The molecule has 0 aromatic carbocycles. The summed E-state index contributed by atoms with van der Waals surface area (Å²) in [6, 6.07) is 0. The van der Waals surface area contributed by atoms with Crippen LogP contribution in [0, 0.1) is 0 Å². The number of alkyl halides is 4. The monoisotopic (exact) mass is 188 g/mol. The highest BCUT2D eigenvalue weighted by molar-refractivity contribution is 9.09. The molecule has 0 spiro atoms. The van der Waals surface area contributed by atoms with Crippen molar-refractivity contribution in [2.24, 2.45) is 0 Å². The van der Waals surface area contributed by atoms with Crippen LogP contribution in [0.4, 0.5) is 13.2 Å². The summed E-state index contributed by atoms with van der Waals surface area (Å²) in [5.74, 6) is 0. The minimum atomic E-state index is -4.16. The highest BCUT2D eigenvalue weighted by Gasteiger charge is 2.21. The first-order chi connectivity index (χ1) is 3.56. The second kappa shape index (κ2) is 3.12. The summed E-state index contributed by atoms with van der Waals surface area (Å²) in [7, 11) is 0. The summed E-state index contributed by atoms with van der Waals surface area (Å²) in [4.78, 5) is 0. The van der Waals surface area contributed by atoms with Crippen LogP contribution in [-0.4, -0.2) is 11.5 Å². The van der Waals surface area contributed by atoms with Crippen LogP contribution < -0.4 is 0 Å². The van der Waals surface area contributed by atoms with Gasteiger partial charge < -0.3 is 0 Å². The second-order valence-corrected chi connectivity index (χ2v) is 1.75. The van der Waals surface area contributed by atoms with E-state index in [2.05, 4.69) is 15.9 Å². The lowest BCUT2D eigenvalue weighted by atomic mass is 10.5. The summed E-state index contributed by atoms with van der Waals surface area (Å²) < 4.78 is 33.4. The van der Waals surface area contributed by atoms with Gasteiger partial charge in [0, 0.05) is 11.4 Å². The molecular formula is C4H4BrF3. The number of hydrogen-bond donors (Lipinski definition) is 0.